The van der Waals surface area contributed by atoms with E-state index in [0.29, 0.717) is 4.90 Å². The molecule has 1 rings (SSSR count). The van der Waals surface area contributed by atoms with E-state index in [-0.39, 0.29) is 18.5 Å². The maximum absolute atomic E-state index is 13.5. The van der Waals surface area contributed by atoms with E-state index in [9.17, 15) is 22.8 Å². The molecular weight excluding hydrogens is 311 g/mol. The normalized spacial score (nSPS) is 13.6. The third-order valence-corrected chi connectivity index (χ3v) is 3.31. The van der Waals surface area contributed by atoms with Crippen LogP contribution in [-0.2, 0) is 9.59 Å². The first-order valence-electron chi connectivity index (χ1n) is 7.19. The van der Waals surface area contributed by atoms with Crippen LogP contribution in [0.15, 0.2) is 12.1 Å². The quantitative estimate of drug-likeness (QED) is 0.663. The van der Waals surface area contributed by atoms with Gasteiger partial charge in [0.05, 0.1) is 12.7 Å². The van der Waals surface area contributed by atoms with Crippen molar-refractivity contribution in [3.05, 3.63) is 29.6 Å². The number of benzene rings is 1. The molecule has 2 atom stereocenters. The Morgan fingerprint density at radius 1 is 1.13 bits per heavy atom. The van der Waals surface area contributed by atoms with Crippen LogP contribution >= 0.6 is 0 Å². The number of hydrogen-bond donors (Lipinski definition) is 3. The number of carbonyl (C=O) groups is 2. The Hall–Kier alpha value is -2.09. The summed E-state index contributed by atoms with van der Waals surface area (Å²) < 4.78 is 39.5. The molecule has 0 aliphatic rings. The van der Waals surface area contributed by atoms with Gasteiger partial charge in [0.1, 0.15) is 0 Å². The smallest absolute Gasteiger partial charge is 0.282 e. The molecule has 0 saturated heterocycles. The van der Waals surface area contributed by atoms with Crippen LogP contribution in [0.5, 0.6) is 0 Å². The first-order valence-corrected chi connectivity index (χ1v) is 7.19. The highest BCUT2D eigenvalue weighted by atomic mass is 19.2. The third-order valence-electron chi connectivity index (χ3n) is 3.31. The molecule has 0 saturated carbocycles. The Labute approximate surface area is 132 Å². The first-order chi connectivity index (χ1) is 10.6. The highest BCUT2D eigenvalue weighted by Crippen LogP contribution is 2.19. The summed E-state index contributed by atoms with van der Waals surface area (Å²) >= 11 is 0. The van der Waals surface area contributed by atoms with Crippen LogP contribution in [0.3, 0.4) is 0 Å². The minimum atomic E-state index is -1.65. The molecule has 0 aliphatic carbocycles. The molecular formula is C15H21F3N3O2+. The summed E-state index contributed by atoms with van der Waals surface area (Å²) in [7, 11) is 1.63. The lowest BCUT2D eigenvalue weighted by atomic mass is 10.2. The van der Waals surface area contributed by atoms with Crippen molar-refractivity contribution < 1.29 is 27.7 Å². The summed E-state index contributed by atoms with van der Waals surface area (Å²) in [6.45, 7) is 5.22. The Morgan fingerprint density at radius 2 is 1.74 bits per heavy atom. The first kappa shape index (κ1) is 19.0. The van der Waals surface area contributed by atoms with Crippen LogP contribution in [0.2, 0.25) is 0 Å². The van der Waals surface area contributed by atoms with Gasteiger partial charge in [-0.3, -0.25) is 9.59 Å². The zero-order chi connectivity index (χ0) is 17.7. The minimum Gasteiger partial charge on any atom is -0.349 e. The predicted molar refractivity (Wildman–Crippen MR) is 79.4 cm³/mol. The van der Waals surface area contributed by atoms with Gasteiger partial charge in [0, 0.05) is 6.04 Å². The van der Waals surface area contributed by atoms with Crippen molar-refractivity contribution in [3.63, 3.8) is 0 Å². The number of amides is 2. The molecule has 1 aromatic rings. The maximum Gasteiger partial charge on any atom is 0.282 e. The van der Waals surface area contributed by atoms with Crippen molar-refractivity contribution in [2.45, 2.75) is 32.9 Å². The molecule has 0 aliphatic heterocycles. The number of quaternary nitrogens is 1. The van der Waals surface area contributed by atoms with Gasteiger partial charge in [-0.1, -0.05) is 0 Å². The van der Waals surface area contributed by atoms with E-state index in [4.69, 9.17) is 0 Å². The zero-order valence-corrected chi connectivity index (χ0v) is 13.5. The standard InChI is InChI=1S/C15H20F3N3O2/c1-8(2)19-12(22)7-21(4)9(3)15(23)20-11-6-5-10(16)13(17)14(11)18/h5-6,8-9H,7H2,1-4H3,(H,19,22)(H,20,23)/p+1/t9-/m0/s1. The summed E-state index contributed by atoms with van der Waals surface area (Å²) in [6.07, 6.45) is 0. The lowest BCUT2D eigenvalue weighted by molar-refractivity contribution is -0.885. The molecule has 8 heteroatoms. The van der Waals surface area contributed by atoms with Gasteiger partial charge in [0.15, 0.2) is 30.0 Å². The Morgan fingerprint density at radius 3 is 2.30 bits per heavy atom. The summed E-state index contributed by atoms with van der Waals surface area (Å²) in [6, 6.07) is 0.959. The van der Waals surface area contributed by atoms with Gasteiger partial charge in [-0.25, -0.2) is 13.2 Å². The average molecular weight is 332 g/mol. The number of anilines is 1. The molecule has 2 amide bonds. The molecule has 1 unspecified atom stereocenters. The van der Waals surface area contributed by atoms with Gasteiger partial charge in [-0.05, 0) is 32.9 Å². The second-order valence-electron chi connectivity index (χ2n) is 5.68. The van der Waals surface area contributed by atoms with E-state index in [1.165, 1.54) is 0 Å². The monoisotopic (exact) mass is 332 g/mol. The summed E-state index contributed by atoms with van der Waals surface area (Å²) in [4.78, 5) is 24.3. The van der Waals surface area contributed by atoms with E-state index < -0.39 is 35.1 Å². The Bertz CT molecular complexity index is 594. The SMILES string of the molecule is CC(C)NC(=O)C[NH+](C)[C@@H](C)C(=O)Nc1ccc(F)c(F)c1F. The van der Waals surface area contributed by atoms with E-state index >= 15 is 0 Å². The van der Waals surface area contributed by atoms with Crippen LogP contribution in [0.4, 0.5) is 18.9 Å². The van der Waals surface area contributed by atoms with Gasteiger partial charge in [-0.15, -0.1) is 0 Å². The molecule has 3 N–H and O–H groups in total. The number of nitrogens with one attached hydrogen (secondary N) is 3. The van der Waals surface area contributed by atoms with Crippen LogP contribution in [0.25, 0.3) is 0 Å². The van der Waals surface area contributed by atoms with Crippen LogP contribution in [0.1, 0.15) is 20.8 Å². The van der Waals surface area contributed by atoms with Gasteiger partial charge in [0.2, 0.25) is 0 Å². The number of likely N-dealkylation sites (N-methyl/N-ethyl adjacent to an activating group) is 1. The van der Waals surface area contributed by atoms with Crippen molar-refractivity contribution in [3.8, 4) is 0 Å². The molecule has 5 nitrogen and oxygen atoms in total. The number of carbonyl (C=O) groups excluding carboxylic acids is 2. The minimum absolute atomic E-state index is 0.0179. The van der Waals surface area contributed by atoms with Crippen LogP contribution in [-0.4, -0.2) is 37.5 Å². The van der Waals surface area contributed by atoms with Gasteiger partial charge in [0.25, 0.3) is 11.8 Å². The van der Waals surface area contributed by atoms with E-state index in [1.807, 2.05) is 13.8 Å². The molecule has 0 fully saturated rings. The molecule has 1 aromatic carbocycles. The second-order valence-corrected chi connectivity index (χ2v) is 5.68. The summed E-state index contributed by atoms with van der Waals surface area (Å²) in [5.41, 5.74) is -0.444. The topological polar surface area (TPSA) is 62.6 Å². The van der Waals surface area contributed by atoms with Crippen molar-refractivity contribution in [1.82, 2.24) is 5.32 Å². The largest absolute Gasteiger partial charge is 0.349 e. The van der Waals surface area contributed by atoms with Gasteiger partial charge >= 0.3 is 0 Å². The number of hydrogen-bond acceptors (Lipinski definition) is 2. The molecule has 0 heterocycles. The van der Waals surface area contributed by atoms with Gasteiger partial charge in [-0.2, -0.15) is 0 Å². The van der Waals surface area contributed by atoms with Crippen molar-refractivity contribution in [2.75, 3.05) is 18.9 Å². The Kier molecular flexibility index (Phi) is 6.56. The maximum atomic E-state index is 13.5. The number of rotatable bonds is 6. The highest BCUT2D eigenvalue weighted by Gasteiger charge is 2.25. The zero-order valence-electron chi connectivity index (χ0n) is 13.5. The third kappa shape index (κ3) is 5.24. The molecule has 0 bridgehead atoms. The lowest BCUT2D eigenvalue weighted by Crippen LogP contribution is -3.15. The van der Waals surface area contributed by atoms with Crippen LogP contribution in [0, 0.1) is 17.5 Å². The molecule has 0 radical (unpaired) electrons. The van der Waals surface area contributed by atoms with Gasteiger partial charge < -0.3 is 15.5 Å². The molecule has 23 heavy (non-hydrogen) atoms. The molecule has 128 valence electrons. The van der Waals surface area contributed by atoms with E-state index in [1.54, 1.807) is 14.0 Å². The fraction of sp³-hybridized carbons (Fsp3) is 0.467. The fourth-order valence-corrected chi connectivity index (χ4v) is 1.87. The predicted octanol–water partition coefficient (Wildman–Crippen LogP) is 0.470. The number of halogens is 3. The van der Waals surface area contributed by atoms with E-state index in [0.717, 1.165) is 12.1 Å². The second kappa shape index (κ2) is 7.96. The fourth-order valence-electron chi connectivity index (χ4n) is 1.87. The molecule has 0 aromatic heterocycles. The lowest BCUT2D eigenvalue weighted by Gasteiger charge is -2.21. The molecule has 0 spiro atoms. The van der Waals surface area contributed by atoms with E-state index in [2.05, 4.69) is 10.6 Å². The van der Waals surface area contributed by atoms with Crippen molar-refractivity contribution >= 4 is 17.5 Å². The van der Waals surface area contributed by atoms with Crippen molar-refractivity contribution in [1.29, 1.82) is 0 Å². The van der Waals surface area contributed by atoms with Crippen LogP contribution < -0.4 is 15.5 Å². The average Bonchev–Trinajstić information content (AvgIpc) is 2.45. The summed E-state index contributed by atoms with van der Waals surface area (Å²) in [5, 5.41) is 4.90. The summed E-state index contributed by atoms with van der Waals surface area (Å²) in [5.74, 6) is -5.27. The van der Waals surface area contributed by atoms with Crippen molar-refractivity contribution in [2.24, 2.45) is 0 Å². The highest BCUT2D eigenvalue weighted by molar-refractivity contribution is 5.93. The Balaban J connectivity index is 2.70.